The molecule has 2 N–H and O–H groups in total. The van der Waals surface area contributed by atoms with Crippen molar-refractivity contribution in [1.82, 2.24) is 5.32 Å². The molecule has 0 radical (unpaired) electrons. The molecule has 1 unspecified atom stereocenters. The van der Waals surface area contributed by atoms with E-state index in [0.717, 1.165) is 6.42 Å². The lowest BCUT2D eigenvalue weighted by Gasteiger charge is -2.15. The zero-order chi connectivity index (χ0) is 12.8. The number of halogens is 2. The Hall–Kier alpha value is -1.00. The van der Waals surface area contributed by atoms with Crippen LogP contribution in [0.15, 0.2) is 12.1 Å². The van der Waals surface area contributed by atoms with Crippen LogP contribution in [-0.4, -0.2) is 18.3 Å². The first-order chi connectivity index (χ1) is 8.06. The molecule has 1 aromatic rings. The highest BCUT2D eigenvalue weighted by atomic mass is 19.1. The molecule has 0 heterocycles. The van der Waals surface area contributed by atoms with Crippen LogP contribution < -0.4 is 5.32 Å². The van der Waals surface area contributed by atoms with Gasteiger partial charge in [0.2, 0.25) is 0 Å². The minimum Gasteiger partial charge on any atom is -0.396 e. The van der Waals surface area contributed by atoms with Gasteiger partial charge in [-0.05, 0) is 50.9 Å². The van der Waals surface area contributed by atoms with Crippen molar-refractivity contribution < 1.29 is 13.9 Å². The van der Waals surface area contributed by atoms with Crippen molar-refractivity contribution in [3.05, 3.63) is 34.9 Å². The van der Waals surface area contributed by atoms with Crippen LogP contribution in [-0.2, 0) is 0 Å². The molecule has 0 amide bonds. The predicted octanol–water partition coefficient (Wildman–Crippen LogP) is 2.70. The van der Waals surface area contributed by atoms with Gasteiger partial charge in [0.1, 0.15) is 11.6 Å². The van der Waals surface area contributed by atoms with Gasteiger partial charge in [-0.2, -0.15) is 0 Å². The summed E-state index contributed by atoms with van der Waals surface area (Å²) in [7, 11) is 0. The normalized spacial score (nSPS) is 12.8. The molecule has 0 aliphatic rings. The van der Waals surface area contributed by atoms with E-state index in [1.807, 2.05) is 0 Å². The van der Waals surface area contributed by atoms with Gasteiger partial charge >= 0.3 is 0 Å². The Morgan fingerprint density at radius 2 is 1.94 bits per heavy atom. The topological polar surface area (TPSA) is 32.3 Å². The zero-order valence-electron chi connectivity index (χ0n) is 10.3. The van der Waals surface area contributed by atoms with Gasteiger partial charge in [0.25, 0.3) is 0 Å². The summed E-state index contributed by atoms with van der Waals surface area (Å²) in [5.74, 6) is -0.767. The Morgan fingerprint density at radius 1 is 1.24 bits per heavy atom. The zero-order valence-corrected chi connectivity index (χ0v) is 10.3. The van der Waals surface area contributed by atoms with Crippen molar-refractivity contribution in [2.75, 3.05) is 13.2 Å². The molecule has 0 aliphatic carbocycles. The van der Waals surface area contributed by atoms with Gasteiger partial charge in [0.05, 0.1) is 0 Å². The van der Waals surface area contributed by atoms with E-state index in [-0.39, 0.29) is 24.3 Å². The Morgan fingerprint density at radius 3 is 2.59 bits per heavy atom. The molecule has 96 valence electrons. The molecule has 0 aromatic heterocycles. The third-order valence-corrected chi connectivity index (χ3v) is 2.78. The summed E-state index contributed by atoms with van der Waals surface area (Å²) in [5, 5.41) is 11.7. The molecule has 2 nitrogen and oxygen atoms in total. The van der Waals surface area contributed by atoms with E-state index in [1.165, 1.54) is 12.1 Å². The number of unbranched alkanes of at least 4 members (excludes halogenated alkanes) is 1. The summed E-state index contributed by atoms with van der Waals surface area (Å²) in [6.45, 7) is 4.17. The van der Waals surface area contributed by atoms with E-state index < -0.39 is 0 Å². The number of nitrogens with one attached hydrogen (secondary N) is 1. The maximum Gasteiger partial charge on any atom is 0.128 e. The molecule has 17 heavy (non-hydrogen) atoms. The van der Waals surface area contributed by atoms with Crippen molar-refractivity contribution in [2.45, 2.75) is 32.7 Å². The molecular weight excluding hydrogens is 224 g/mol. The summed E-state index contributed by atoms with van der Waals surface area (Å²) in [6.07, 6.45) is 1.53. The fourth-order valence-electron chi connectivity index (χ4n) is 1.66. The van der Waals surface area contributed by atoms with Gasteiger partial charge in [-0.3, -0.25) is 0 Å². The predicted molar refractivity (Wildman–Crippen MR) is 63.8 cm³/mol. The molecule has 0 fully saturated rings. The van der Waals surface area contributed by atoms with E-state index in [4.69, 9.17) is 5.11 Å². The Kier molecular flexibility index (Phi) is 5.51. The summed E-state index contributed by atoms with van der Waals surface area (Å²) in [5.41, 5.74) is 0.663. The number of hydrogen-bond donors (Lipinski definition) is 2. The molecule has 1 aromatic carbocycles. The van der Waals surface area contributed by atoms with Crippen molar-refractivity contribution in [2.24, 2.45) is 0 Å². The lowest BCUT2D eigenvalue weighted by atomic mass is 10.0. The number of aryl methyl sites for hydroxylation is 1. The van der Waals surface area contributed by atoms with Gasteiger partial charge in [0.15, 0.2) is 0 Å². The average Bonchev–Trinajstić information content (AvgIpc) is 2.29. The number of benzene rings is 1. The molecule has 0 bridgehead atoms. The number of rotatable bonds is 6. The molecule has 1 atom stereocenters. The fourth-order valence-corrected chi connectivity index (χ4v) is 1.66. The first-order valence-electron chi connectivity index (χ1n) is 5.86. The van der Waals surface area contributed by atoms with Gasteiger partial charge in [-0.1, -0.05) is 0 Å². The van der Waals surface area contributed by atoms with E-state index in [9.17, 15) is 8.78 Å². The minimum absolute atomic E-state index is 0.156. The van der Waals surface area contributed by atoms with Crippen LogP contribution in [0.4, 0.5) is 8.78 Å². The molecule has 1 rings (SSSR count). The lowest BCUT2D eigenvalue weighted by Crippen LogP contribution is -2.21. The highest BCUT2D eigenvalue weighted by molar-refractivity contribution is 5.27. The maximum atomic E-state index is 13.6. The summed E-state index contributed by atoms with van der Waals surface area (Å²) in [4.78, 5) is 0. The number of hydrogen-bond acceptors (Lipinski definition) is 2. The molecule has 0 spiro atoms. The fraction of sp³-hybridized carbons (Fsp3) is 0.538. The quantitative estimate of drug-likeness (QED) is 0.753. The summed E-state index contributed by atoms with van der Waals surface area (Å²) < 4.78 is 26.9. The van der Waals surface area contributed by atoms with Crippen molar-refractivity contribution in [3.63, 3.8) is 0 Å². The number of aliphatic hydroxyl groups excluding tert-OH is 1. The average molecular weight is 243 g/mol. The van der Waals surface area contributed by atoms with Crippen LogP contribution in [0.2, 0.25) is 0 Å². The van der Waals surface area contributed by atoms with Crippen LogP contribution >= 0.6 is 0 Å². The van der Waals surface area contributed by atoms with Gasteiger partial charge < -0.3 is 10.4 Å². The van der Waals surface area contributed by atoms with Gasteiger partial charge in [0, 0.05) is 18.2 Å². The van der Waals surface area contributed by atoms with Crippen LogP contribution in [0.25, 0.3) is 0 Å². The van der Waals surface area contributed by atoms with E-state index in [2.05, 4.69) is 5.32 Å². The Bertz CT molecular complexity index is 369. The van der Waals surface area contributed by atoms with E-state index >= 15 is 0 Å². The first kappa shape index (κ1) is 14.1. The highest BCUT2D eigenvalue weighted by Gasteiger charge is 2.13. The molecule has 0 aliphatic heterocycles. The Balaban J connectivity index is 2.62. The largest absolute Gasteiger partial charge is 0.396 e. The van der Waals surface area contributed by atoms with Crippen LogP contribution in [0, 0.1) is 18.6 Å². The second-order valence-electron chi connectivity index (χ2n) is 4.23. The van der Waals surface area contributed by atoms with Crippen molar-refractivity contribution >= 4 is 0 Å². The molecular formula is C13H19F2NO. The molecule has 0 saturated heterocycles. The maximum absolute atomic E-state index is 13.6. The third kappa shape index (κ3) is 4.06. The minimum atomic E-state index is -0.384. The van der Waals surface area contributed by atoms with Crippen molar-refractivity contribution in [3.8, 4) is 0 Å². The first-order valence-corrected chi connectivity index (χ1v) is 5.86. The van der Waals surface area contributed by atoms with Crippen LogP contribution in [0.1, 0.15) is 36.9 Å². The SMILES string of the molecule is Cc1cc(F)c(C(C)NCCCCO)cc1F. The van der Waals surface area contributed by atoms with Crippen molar-refractivity contribution in [1.29, 1.82) is 0 Å². The van der Waals surface area contributed by atoms with E-state index in [0.29, 0.717) is 24.1 Å². The second-order valence-corrected chi connectivity index (χ2v) is 4.23. The summed E-state index contributed by atoms with van der Waals surface area (Å²) >= 11 is 0. The standard InChI is InChI=1S/C13H19F2NO/c1-9-7-13(15)11(8-12(9)14)10(2)16-5-3-4-6-17/h7-8,10,16-17H,3-6H2,1-2H3. The summed E-state index contributed by atoms with van der Waals surface area (Å²) in [6, 6.07) is 2.23. The molecule has 4 heteroatoms. The van der Waals surface area contributed by atoms with Crippen LogP contribution in [0.3, 0.4) is 0 Å². The van der Waals surface area contributed by atoms with Gasteiger partial charge in [-0.15, -0.1) is 0 Å². The smallest absolute Gasteiger partial charge is 0.128 e. The Labute approximate surface area is 101 Å². The second kappa shape index (κ2) is 6.67. The van der Waals surface area contributed by atoms with Gasteiger partial charge in [-0.25, -0.2) is 8.78 Å². The van der Waals surface area contributed by atoms with Crippen LogP contribution in [0.5, 0.6) is 0 Å². The van der Waals surface area contributed by atoms with E-state index in [1.54, 1.807) is 13.8 Å². The highest BCUT2D eigenvalue weighted by Crippen LogP contribution is 2.20. The molecule has 0 saturated carbocycles. The lowest BCUT2D eigenvalue weighted by molar-refractivity contribution is 0.282. The number of aliphatic hydroxyl groups is 1. The third-order valence-electron chi connectivity index (χ3n) is 2.78. The monoisotopic (exact) mass is 243 g/mol.